The first kappa shape index (κ1) is 15.4. The molecule has 2 aromatic rings. The summed E-state index contributed by atoms with van der Waals surface area (Å²) in [5.74, 6) is -0.789. The van der Waals surface area contributed by atoms with Crippen molar-refractivity contribution in [3.05, 3.63) is 40.9 Å². The smallest absolute Gasteiger partial charge is 0.337 e. The molecule has 0 saturated carbocycles. The molecule has 8 nitrogen and oxygen atoms in total. The van der Waals surface area contributed by atoms with Crippen LogP contribution in [0.2, 0.25) is 5.02 Å². The van der Waals surface area contributed by atoms with Gasteiger partial charge in [0.05, 0.1) is 22.0 Å². The predicted octanol–water partition coefficient (Wildman–Crippen LogP) is 0.645. The van der Waals surface area contributed by atoms with Crippen LogP contribution in [0.3, 0.4) is 0 Å². The van der Waals surface area contributed by atoms with Gasteiger partial charge in [0.25, 0.3) is 0 Å². The second-order valence-corrected chi connectivity index (χ2v) is 6.30. The number of aryl methyl sites for hydroxylation is 1. The molecule has 1 heterocycles. The Kier molecular flexibility index (Phi) is 4.26. The van der Waals surface area contributed by atoms with Crippen LogP contribution in [0.4, 0.5) is 0 Å². The quantitative estimate of drug-likeness (QED) is 0.831. The minimum absolute atomic E-state index is 0.0445. The molecule has 0 aliphatic heterocycles. The van der Waals surface area contributed by atoms with E-state index >= 15 is 0 Å². The second-order valence-electron chi connectivity index (χ2n) is 4.13. The number of carboxylic acid groups (broad SMARTS) is 1. The van der Waals surface area contributed by atoms with Crippen molar-refractivity contribution in [2.75, 3.05) is 0 Å². The summed E-state index contributed by atoms with van der Waals surface area (Å²) >= 11 is 5.76. The summed E-state index contributed by atoms with van der Waals surface area (Å²) in [4.78, 5) is 10.7. The van der Waals surface area contributed by atoms with Gasteiger partial charge in [0.15, 0.2) is 0 Å². The number of nitrogens with one attached hydrogen (secondary N) is 1. The van der Waals surface area contributed by atoms with Gasteiger partial charge in [-0.3, -0.25) is 0 Å². The van der Waals surface area contributed by atoms with Gasteiger partial charge in [0.1, 0.15) is 12.2 Å². The summed E-state index contributed by atoms with van der Waals surface area (Å²) in [7, 11) is -2.14. The molecule has 0 fully saturated rings. The molecule has 0 aliphatic carbocycles. The molecule has 0 aliphatic rings. The number of aromatic carboxylic acids is 1. The van der Waals surface area contributed by atoms with E-state index in [1.165, 1.54) is 12.4 Å². The number of aromatic nitrogens is 3. The van der Waals surface area contributed by atoms with Crippen molar-refractivity contribution in [2.45, 2.75) is 11.4 Å². The van der Waals surface area contributed by atoms with E-state index in [2.05, 4.69) is 14.9 Å². The zero-order chi connectivity index (χ0) is 15.6. The molecule has 21 heavy (non-hydrogen) atoms. The standard InChI is InChI=1S/C11H11ClN4O4S/c1-16-6-13-15-10(16)5-14-21(19,20)7-2-3-8(11(17)18)9(12)4-7/h2-4,6,14H,5H2,1H3,(H,17,18). The number of benzene rings is 1. The summed E-state index contributed by atoms with van der Waals surface area (Å²) in [5, 5.41) is 16.1. The van der Waals surface area contributed by atoms with Crippen molar-refractivity contribution in [3.63, 3.8) is 0 Å². The Morgan fingerprint density at radius 2 is 2.19 bits per heavy atom. The van der Waals surface area contributed by atoms with Crippen molar-refractivity contribution in [3.8, 4) is 0 Å². The molecule has 0 atom stereocenters. The summed E-state index contributed by atoms with van der Waals surface area (Å²) in [6.45, 7) is -0.0445. The van der Waals surface area contributed by atoms with Crippen LogP contribution >= 0.6 is 11.6 Å². The molecule has 2 N–H and O–H groups in total. The average Bonchev–Trinajstić information content (AvgIpc) is 2.81. The van der Waals surface area contributed by atoms with E-state index in [-0.39, 0.29) is 22.0 Å². The number of hydrogen-bond acceptors (Lipinski definition) is 5. The van der Waals surface area contributed by atoms with Crippen molar-refractivity contribution < 1.29 is 18.3 Å². The zero-order valence-electron chi connectivity index (χ0n) is 10.8. The molecule has 0 bridgehead atoms. The maximum absolute atomic E-state index is 12.1. The van der Waals surface area contributed by atoms with E-state index in [1.54, 1.807) is 11.6 Å². The molecule has 1 aromatic carbocycles. The van der Waals surface area contributed by atoms with Gasteiger partial charge in [-0.1, -0.05) is 11.6 Å². The fraction of sp³-hybridized carbons (Fsp3) is 0.182. The zero-order valence-corrected chi connectivity index (χ0v) is 12.4. The number of rotatable bonds is 5. The van der Waals surface area contributed by atoms with E-state index in [0.29, 0.717) is 5.82 Å². The molecule has 112 valence electrons. The maximum Gasteiger partial charge on any atom is 0.337 e. The molecule has 0 radical (unpaired) electrons. The lowest BCUT2D eigenvalue weighted by Gasteiger charge is -2.07. The minimum atomic E-state index is -3.83. The lowest BCUT2D eigenvalue weighted by Crippen LogP contribution is -2.24. The van der Waals surface area contributed by atoms with Crippen LogP contribution in [0.15, 0.2) is 29.4 Å². The fourth-order valence-electron chi connectivity index (χ4n) is 1.55. The maximum atomic E-state index is 12.1. The highest BCUT2D eigenvalue weighted by Gasteiger charge is 2.18. The number of carboxylic acids is 1. The first-order chi connectivity index (χ1) is 9.81. The number of sulfonamides is 1. The number of nitrogens with zero attached hydrogens (tertiary/aromatic N) is 3. The highest BCUT2D eigenvalue weighted by molar-refractivity contribution is 7.89. The van der Waals surface area contributed by atoms with Crippen molar-refractivity contribution in [1.82, 2.24) is 19.5 Å². The largest absolute Gasteiger partial charge is 0.478 e. The molecule has 0 unspecified atom stereocenters. The van der Waals surface area contributed by atoms with Crippen LogP contribution in [-0.4, -0.2) is 34.3 Å². The van der Waals surface area contributed by atoms with Crippen molar-refractivity contribution >= 4 is 27.6 Å². The van der Waals surface area contributed by atoms with E-state index in [0.717, 1.165) is 12.1 Å². The monoisotopic (exact) mass is 330 g/mol. The van der Waals surface area contributed by atoms with E-state index in [4.69, 9.17) is 16.7 Å². The third-order valence-electron chi connectivity index (χ3n) is 2.71. The van der Waals surface area contributed by atoms with Crippen LogP contribution in [0.5, 0.6) is 0 Å². The number of halogens is 1. The van der Waals surface area contributed by atoms with Gasteiger partial charge in [0, 0.05) is 7.05 Å². The molecular weight excluding hydrogens is 320 g/mol. The Morgan fingerprint density at radius 1 is 1.48 bits per heavy atom. The molecule has 0 amide bonds. The predicted molar refractivity (Wildman–Crippen MR) is 73.4 cm³/mol. The lowest BCUT2D eigenvalue weighted by molar-refractivity contribution is 0.0697. The van der Waals surface area contributed by atoms with Crippen LogP contribution < -0.4 is 4.72 Å². The Balaban J connectivity index is 2.22. The molecule has 0 saturated heterocycles. The third kappa shape index (κ3) is 3.38. The summed E-state index contributed by atoms with van der Waals surface area (Å²) in [6.07, 6.45) is 1.45. The van der Waals surface area contributed by atoms with Crippen LogP contribution in [0, 0.1) is 0 Å². The fourth-order valence-corrected chi connectivity index (χ4v) is 2.88. The minimum Gasteiger partial charge on any atom is -0.478 e. The lowest BCUT2D eigenvalue weighted by atomic mass is 10.2. The topological polar surface area (TPSA) is 114 Å². The Labute approximate surface area is 125 Å². The summed E-state index contributed by atoms with van der Waals surface area (Å²) < 4.78 is 28.1. The molecule has 0 spiro atoms. The molecule has 1 aromatic heterocycles. The molecule has 2 rings (SSSR count). The van der Waals surface area contributed by atoms with Crippen LogP contribution in [-0.2, 0) is 23.6 Å². The van der Waals surface area contributed by atoms with Gasteiger partial charge in [-0.05, 0) is 18.2 Å². The third-order valence-corrected chi connectivity index (χ3v) is 4.42. The second kappa shape index (κ2) is 5.80. The van der Waals surface area contributed by atoms with Crippen LogP contribution in [0.25, 0.3) is 0 Å². The highest BCUT2D eigenvalue weighted by Crippen LogP contribution is 2.21. The highest BCUT2D eigenvalue weighted by atomic mass is 35.5. The first-order valence-electron chi connectivity index (χ1n) is 5.66. The summed E-state index contributed by atoms with van der Waals surface area (Å²) in [6, 6.07) is 3.40. The normalized spacial score (nSPS) is 11.5. The number of hydrogen-bond donors (Lipinski definition) is 2. The molecule has 10 heteroatoms. The van der Waals surface area contributed by atoms with E-state index in [1.807, 2.05) is 0 Å². The van der Waals surface area contributed by atoms with Crippen molar-refractivity contribution in [1.29, 1.82) is 0 Å². The summed E-state index contributed by atoms with van der Waals surface area (Å²) in [5.41, 5.74) is -0.163. The van der Waals surface area contributed by atoms with Crippen molar-refractivity contribution in [2.24, 2.45) is 7.05 Å². The van der Waals surface area contributed by atoms with Gasteiger partial charge < -0.3 is 9.67 Å². The Hall–Kier alpha value is -1.97. The van der Waals surface area contributed by atoms with Gasteiger partial charge in [-0.25, -0.2) is 17.9 Å². The Bertz CT molecular complexity index is 787. The van der Waals surface area contributed by atoms with Crippen LogP contribution in [0.1, 0.15) is 16.2 Å². The average molecular weight is 331 g/mol. The van der Waals surface area contributed by atoms with Gasteiger partial charge in [-0.2, -0.15) is 0 Å². The van der Waals surface area contributed by atoms with Gasteiger partial charge in [-0.15, -0.1) is 10.2 Å². The van der Waals surface area contributed by atoms with E-state index < -0.39 is 16.0 Å². The first-order valence-corrected chi connectivity index (χ1v) is 7.53. The Morgan fingerprint density at radius 3 is 2.71 bits per heavy atom. The van der Waals surface area contributed by atoms with E-state index in [9.17, 15) is 13.2 Å². The van der Waals surface area contributed by atoms with Gasteiger partial charge in [0.2, 0.25) is 10.0 Å². The SMILES string of the molecule is Cn1cnnc1CNS(=O)(=O)c1ccc(C(=O)O)c(Cl)c1. The number of carbonyl (C=O) groups is 1. The molecular formula is C11H11ClN4O4S. The van der Waals surface area contributed by atoms with Gasteiger partial charge >= 0.3 is 5.97 Å².